The molecule has 0 radical (unpaired) electrons. The van der Waals surface area contributed by atoms with Crippen molar-refractivity contribution in [2.75, 3.05) is 32.8 Å². The van der Waals surface area contributed by atoms with E-state index in [1.54, 1.807) is 4.90 Å². The summed E-state index contributed by atoms with van der Waals surface area (Å²) >= 11 is 0. The van der Waals surface area contributed by atoms with Gasteiger partial charge in [-0.05, 0) is 0 Å². The summed E-state index contributed by atoms with van der Waals surface area (Å²) in [5.74, 6) is -18.3. The van der Waals surface area contributed by atoms with E-state index in [2.05, 4.69) is 13.2 Å². The van der Waals surface area contributed by atoms with E-state index >= 15 is 4.39 Å². The van der Waals surface area contributed by atoms with Crippen molar-refractivity contribution in [3.63, 3.8) is 0 Å². The van der Waals surface area contributed by atoms with Crippen LogP contribution in [0.2, 0.25) is 0 Å². The lowest BCUT2D eigenvalue weighted by Gasteiger charge is -2.47. The van der Waals surface area contributed by atoms with Gasteiger partial charge < -0.3 is 70.8 Å². The van der Waals surface area contributed by atoms with Gasteiger partial charge in [0.2, 0.25) is 5.75 Å². The first-order valence-corrected chi connectivity index (χ1v) is 12.7. The van der Waals surface area contributed by atoms with E-state index in [4.69, 9.17) is 9.47 Å². The van der Waals surface area contributed by atoms with E-state index in [1.165, 1.54) is 0 Å². The zero-order valence-electron chi connectivity index (χ0n) is 22.8. The number of hydrogen-bond acceptors (Lipinski definition) is 15. The van der Waals surface area contributed by atoms with Gasteiger partial charge in [0.25, 0.3) is 29.3 Å². The number of carbonyl (C=O) groups is 2. The fourth-order valence-corrected chi connectivity index (χ4v) is 4.90. The molecule has 240 valence electrons. The Hall–Kier alpha value is -4.59. The number of halogens is 1. The summed E-state index contributed by atoms with van der Waals surface area (Å²) in [4.78, 5) is 27.9. The molecule has 3 fully saturated rings. The normalized spacial score (nSPS) is 24.2. The zero-order chi connectivity index (χ0) is 32.9. The number of phenols is 3. The molecule has 3 aliphatic rings. The van der Waals surface area contributed by atoms with Crippen LogP contribution in [0.3, 0.4) is 0 Å². The maximum atomic E-state index is 15.5. The van der Waals surface area contributed by atoms with Gasteiger partial charge in [0.05, 0.1) is 42.2 Å². The second-order valence-electron chi connectivity index (χ2n) is 10.1. The number of aliphatic hydroxyl groups excluding tert-OH is 3. The monoisotopic (exact) mass is 627 g/mol. The van der Waals surface area contributed by atoms with Crippen LogP contribution >= 0.6 is 0 Å². The first kappa shape index (κ1) is 32.3. The van der Waals surface area contributed by atoms with Gasteiger partial charge >= 0.3 is 0 Å². The summed E-state index contributed by atoms with van der Waals surface area (Å²) in [6.07, 6.45) is 0. The van der Waals surface area contributed by atoms with Crippen molar-refractivity contribution < 1.29 is 74.5 Å². The Balaban J connectivity index is 1.72. The van der Waals surface area contributed by atoms with Gasteiger partial charge in [-0.3, -0.25) is 14.5 Å². The molecule has 18 heteroatoms. The van der Waals surface area contributed by atoms with E-state index in [9.17, 15) is 60.7 Å². The number of nitrogens with one attached hydrogen (secondary N) is 1. The summed E-state index contributed by atoms with van der Waals surface area (Å²) in [6, 6.07) is -2.52. The summed E-state index contributed by atoms with van der Waals surface area (Å²) in [6.45, 7) is 5.24. The molecule has 1 unspecified atom stereocenters. The zero-order valence-corrected chi connectivity index (χ0v) is 22.8. The minimum Gasteiger partial charge on any atom is -0.505 e. The Labute approximate surface area is 247 Å². The van der Waals surface area contributed by atoms with Crippen molar-refractivity contribution in [2.24, 2.45) is 0 Å². The van der Waals surface area contributed by atoms with E-state index in [0.29, 0.717) is 26.3 Å². The molecule has 1 aromatic carbocycles. The van der Waals surface area contributed by atoms with Crippen LogP contribution in [0.1, 0.15) is 11.1 Å². The van der Waals surface area contributed by atoms with Crippen LogP contribution in [0.4, 0.5) is 4.39 Å². The predicted octanol–water partition coefficient (Wildman–Crippen LogP) is -1.84. The van der Waals surface area contributed by atoms with Crippen LogP contribution in [0, 0.1) is 5.82 Å². The highest BCUT2D eigenvalue weighted by molar-refractivity contribution is 6.05. The average Bonchev–Trinajstić information content (AvgIpc) is 3.29. The maximum absolute atomic E-state index is 15.5. The van der Waals surface area contributed by atoms with Crippen LogP contribution in [-0.2, 0) is 32.2 Å². The van der Waals surface area contributed by atoms with Gasteiger partial charge in [0, 0.05) is 25.2 Å². The Kier molecular flexibility index (Phi) is 8.44. The lowest BCUT2D eigenvalue weighted by Crippen LogP contribution is -2.75. The van der Waals surface area contributed by atoms with Crippen LogP contribution < -0.4 is 5.32 Å². The van der Waals surface area contributed by atoms with Crippen LogP contribution in [0.15, 0.2) is 47.5 Å². The molecule has 1 atom stereocenters. The Morgan fingerprint density at radius 3 is 2.20 bits per heavy atom. The first-order chi connectivity index (χ1) is 20.4. The van der Waals surface area contributed by atoms with E-state index < -0.39 is 111 Å². The van der Waals surface area contributed by atoms with Gasteiger partial charge in [-0.2, -0.15) is 0 Å². The van der Waals surface area contributed by atoms with Gasteiger partial charge in [-0.15, -0.1) is 0 Å². The molecular weight excluding hydrogens is 597 g/mol. The standard InChI is InChI=1S/C26H30FN3O14/c1-10(31)17(32)15-12(8-30(23(15)37)21-22(36)28-11(2)25(39,40)26(21,41)42)24(38)44-9-14-16(27)13(18(33)20(35)19(14)34)7-29-3-5-43-6-4-29/h21,31-35,38-42H,1-9H2,(H,28,36)/b17-15-,24-12+. The van der Waals surface area contributed by atoms with Crippen molar-refractivity contribution >= 4 is 11.8 Å². The number of hydrogen-bond donors (Lipinski definition) is 11. The average molecular weight is 628 g/mol. The highest BCUT2D eigenvalue weighted by Crippen LogP contribution is 2.44. The number of carbonyl (C=O) groups excluding carboxylic acids is 2. The maximum Gasteiger partial charge on any atom is 0.283 e. The number of morpholine rings is 1. The molecular formula is C26H30FN3O14. The molecule has 3 aliphatic heterocycles. The van der Waals surface area contributed by atoms with Crippen LogP contribution in [-0.4, -0.2) is 123 Å². The van der Waals surface area contributed by atoms with Crippen molar-refractivity contribution in [3.05, 3.63) is 64.4 Å². The summed E-state index contributed by atoms with van der Waals surface area (Å²) in [5, 5.41) is 105. The van der Waals surface area contributed by atoms with E-state index in [1.807, 2.05) is 5.32 Å². The molecule has 2 amide bonds. The molecule has 44 heavy (non-hydrogen) atoms. The van der Waals surface area contributed by atoms with Gasteiger partial charge in [0.15, 0.2) is 29.1 Å². The number of benzene rings is 1. The lowest BCUT2D eigenvalue weighted by atomic mass is 9.89. The van der Waals surface area contributed by atoms with Crippen molar-refractivity contribution in [1.29, 1.82) is 0 Å². The molecule has 4 rings (SSSR count). The quantitative estimate of drug-likeness (QED) is 0.0686. The molecule has 0 aliphatic carbocycles. The second-order valence-corrected chi connectivity index (χ2v) is 10.1. The molecule has 11 N–H and O–H groups in total. The summed E-state index contributed by atoms with van der Waals surface area (Å²) in [7, 11) is 0. The smallest absolute Gasteiger partial charge is 0.283 e. The molecule has 0 aromatic heterocycles. The number of ether oxygens (including phenoxy) is 2. The number of piperidine rings is 1. The predicted molar refractivity (Wildman–Crippen MR) is 140 cm³/mol. The number of aliphatic hydroxyl groups is 7. The second kappa shape index (κ2) is 11.5. The van der Waals surface area contributed by atoms with Crippen molar-refractivity contribution in [2.45, 2.75) is 30.8 Å². The highest BCUT2D eigenvalue weighted by atomic mass is 19.1. The minimum atomic E-state index is -3.81. The van der Waals surface area contributed by atoms with Crippen molar-refractivity contribution in [1.82, 2.24) is 15.1 Å². The number of likely N-dealkylation sites (tertiary alicyclic amines) is 1. The molecule has 3 heterocycles. The highest BCUT2D eigenvalue weighted by Gasteiger charge is 2.65. The Morgan fingerprint density at radius 2 is 1.61 bits per heavy atom. The summed E-state index contributed by atoms with van der Waals surface area (Å²) in [5.41, 5.74) is -3.86. The first-order valence-electron chi connectivity index (χ1n) is 12.7. The fraction of sp³-hybridized carbons (Fsp3) is 0.385. The number of amides is 2. The molecule has 3 saturated heterocycles. The Bertz CT molecular complexity index is 1500. The van der Waals surface area contributed by atoms with E-state index in [0.717, 1.165) is 0 Å². The molecule has 0 spiro atoms. The third-order valence-electron chi connectivity index (χ3n) is 7.41. The molecule has 0 saturated carbocycles. The topological polar surface area (TPSA) is 273 Å². The number of phenolic OH excluding ortho intramolecular Hbond substituents is 3. The lowest BCUT2D eigenvalue weighted by molar-refractivity contribution is -0.358. The van der Waals surface area contributed by atoms with Crippen molar-refractivity contribution in [3.8, 4) is 17.2 Å². The molecule has 17 nitrogen and oxygen atoms in total. The number of nitrogens with zero attached hydrogens (tertiary/aromatic N) is 2. The SMILES string of the molecule is C=C(O)/C(O)=C1/C(=O)N(C2C(=O)NC(=C)C(O)(O)C2(O)O)C/C1=C(/O)OCc1c(O)c(O)c(O)c(CN2CCOCC2)c1F. The minimum absolute atomic E-state index is 0.213. The molecule has 1 aromatic rings. The van der Waals surface area contributed by atoms with Crippen LogP contribution in [0.25, 0.3) is 0 Å². The number of aromatic hydroxyl groups is 3. The summed E-state index contributed by atoms with van der Waals surface area (Å²) < 4.78 is 25.8. The largest absolute Gasteiger partial charge is 0.505 e. The fourth-order valence-electron chi connectivity index (χ4n) is 4.90. The Morgan fingerprint density at radius 1 is 1.02 bits per heavy atom. The third kappa shape index (κ3) is 5.23. The van der Waals surface area contributed by atoms with Crippen LogP contribution in [0.5, 0.6) is 17.2 Å². The third-order valence-corrected chi connectivity index (χ3v) is 7.41. The number of rotatable bonds is 7. The molecule has 0 bridgehead atoms. The van der Waals surface area contributed by atoms with Gasteiger partial charge in [0.1, 0.15) is 12.4 Å². The van der Waals surface area contributed by atoms with Gasteiger partial charge in [-0.1, -0.05) is 13.2 Å². The van der Waals surface area contributed by atoms with E-state index in [-0.39, 0.29) is 11.4 Å². The van der Waals surface area contributed by atoms with Gasteiger partial charge in [-0.25, -0.2) is 4.39 Å².